The van der Waals surface area contributed by atoms with Crippen LogP contribution in [0, 0.1) is 12.8 Å². The molecule has 0 N–H and O–H groups in total. The third kappa shape index (κ3) is 2.75. The Morgan fingerprint density at radius 1 is 1.47 bits per heavy atom. The van der Waals surface area contributed by atoms with Gasteiger partial charge in [-0.25, -0.2) is 4.39 Å². The van der Waals surface area contributed by atoms with Crippen molar-refractivity contribution >= 4 is 0 Å². The molecule has 15 heavy (non-hydrogen) atoms. The molecule has 1 aromatic rings. The first-order valence-corrected chi connectivity index (χ1v) is 5.19. The van der Waals surface area contributed by atoms with Gasteiger partial charge in [0.15, 0.2) is 0 Å². The van der Waals surface area contributed by atoms with Crippen LogP contribution in [0.15, 0.2) is 42.4 Å². The number of aromatic nitrogens is 1. The summed E-state index contributed by atoms with van der Waals surface area (Å²) in [6.07, 6.45) is 8.76. The van der Waals surface area contributed by atoms with Crippen LogP contribution in [-0.4, -0.2) is 4.98 Å². The van der Waals surface area contributed by atoms with E-state index in [1.54, 1.807) is 12.2 Å². The predicted molar refractivity (Wildman–Crippen MR) is 59.1 cm³/mol. The Morgan fingerprint density at radius 2 is 2.33 bits per heavy atom. The monoisotopic (exact) mass is 203 g/mol. The zero-order valence-electron chi connectivity index (χ0n) is 8.78. The standard InChI is InChI=1S/C13H14FN/c1-10-2-3-12(9-15-10)8-11-4-6-13(14)7-5-11/h2-4,6-7,9,11H,5,8H2,1H3. The number of allylic oxidation sites excluding steroid dienone is 4. The Labute approximate surface area is 89.4 Å². The van der Waals surface area contributed by atoms with E-state index in [0.717, 1.165) is 18.5 Å². The molecular weight excluding hydrogens is 189 g/mol. The molecule has 1 heterocycles. The number of hydrogen-bond donors (Lipinski definition) is 0. The third-order valence-corrected chi connectivity index (χ3v) is 2.61. The van der Waals surface area contributed by atoms with Gasteiger partial charge in [0, 0.05) is 11.9 Å². The van der Waals surface area contributed by atoms with Crippen molar-refractivity contribution in [2.24, 2.45) is 5.92 Å². The minimum Gasteiger partial charge on any atom is -0.261 e. The second kappa shape index (κ2) is 4.39. The van der Waals surface area contributed by atoms with Crippen molar-refractivity contribution in [1.82, 2.24) is 4.98 Å². The molecule has 78 valence electrons. The van der Waals surface area contributed by atoms with Crippen molar-refractivity contribution < 1.29 is 4.39 Å². The molecule has 0 bridgehead atoms. The summed E-state index contributed by atoms with van der Waals surface area (Å²) < 4.78 is 12.7. The Bertz CT molecular complexity index is 390. The van der Waals surface area contributed by atoms with Crippen LogP contribution in [-0.2, 0) is 6.42 Å². The molecule has 0 radical (unpaired) electrons. The summed E-state index contributed by atoms with van der Waals surface area (Å²) in [6.45, 7) is 1.97. The number of pyridine rings is 1. The lowest BCUT2D eigenvalue weighted by atomic mass is 9.93. The lowest BCUT2D eigenvalue weighted by molar-refractivity contribution is 0.596. The van der Waals surface area contributed by atoms with E-state index in [1.807, 2.05) is 25.3 Å². The maximum absolute atomic E-state index is 12.7. The van der Waals surface area contributed by atoms with Crippen LogP contribution in [0.5, 0.6) is 0 Å². The number of rotatable bonds is 2. The molecule has 1 nitrogen and oxygen atoms in total. The lowest BCUT2D eigenvalue weighted by Crippen LogP contribution is -2.03. The van der Waals surface area contributed by atoms with Crippen LogP contribution in [0.25, 0.3) is 0 Å². The SMILES string of the molecule is Cc1ccc(CC2C=CC(F)=CC2)cn1. The van der Waals surface area contributed by atoms with Crippen molar-refractivity contribution in [2.75, 3.05) is 0 Å². The summed E-state index contributed by atoms with van der Waals surface area (Å²) in [4.78, 5) is 4.25. The zero-order valence-corrected chi connectivity index (χ0v) is 8.78. The van der Waals surface area contributed by atoms with Crippen LogP contribution in [0.3, 0.4) is 0 Å². The molecule has 1 aliphatic carbocycles. The average Bonchev–Trinajstić information content (AvgIpc) is 2.25. The predicted octanol–water partition coefficient (Wildman–Crippen LogP) is 3.36. The summed E-state index contributed by atoms with van der Waals surface area (Å²) >= 11 is 0. The molecule has 0 saturated heterocycles. The van der Waals surface area contributed by atoms with Gasteiger partial charge in [-0.3, -0.25) is 4.98 Å². The van der Waals surface area contributed by atoms with Gasteiger partial charge in [0.2, 0.25) is 0 Å². The van der Waals surface area contributed by atoms with Crippen molar-refractivity contribution in [2.45, 2.75) is 19.8 Å². The number of hydrogen-bond acceptors (Lipinski definition) is 1. The van der Waals surface area contributed by atoms with Gasteiger partial charge in [0.05, 0.1) is 0 Å². The summed E-state index contributed by atoms with van der Waals surface area (Å²) in [7, 11) is 0. The molecule has 1 unspecified atom stereocenters. The highest BCUT2D eigenvalue weighted by Gasteiger charge is 2.09. The second-order valence-electron chi connectivity index (χ2n) is 3.96. The smallest absolute Gasteiger partial charge is 0.118 e. The molecule has 0 aliphatic heterocycles. The van der Waals surface area contributed by atoms with Crippen LogP contribution in [0.2, 0.25) is 0 Å². The van der Waals surface area contributed by atoms with E-state index in [1.165, 1.54) is 5.56 Å². The van der Waals surface area contributed by atoms with Crippen LogP contribution in [0.4, 0.5) is 4.39 Å². The van der Waals surface area contributed by atoms with Crippen molar-refractivity contribution in [3.63, 3.8) is 0 Å². The third-order valence-electron chi connectivity index (χ3n) is 2.61. The Kier molecular flexibility index (Phi) is 2.95. The second-order valence-corrected chi connectivity index (χ2v) is 3.96. The molecule has 1 atom stereocenters. The first-order valence-electron chi connectivity index (χ1n) is 5.19. The summed E-state index contributed by atoms with van der Waals surface area (Å²) in [5.41, 5.74) is 2.25. The van der Waals surface area contributed by atoms with Crippen molar-refractivity contribution in [3.05, 3.63) is 53.6 Å². The Balaban J connectivity index is 1.99. The first kappa shape index (κ1) is 10.1. The van der Waals surface area contributed by atoms with Gasteiger partial charge in [0.25, 0.3) is 0 Å². The van der Waals surface area contributed by atoms with Gasteiger partial charge in [-0.2, -0.15) is 0 Å². The van der Waals surface area contributed by atoms with Gasteiger partial charge in [-0.05, 0) is 49.5 Å². The molecule has 0 amide bonds. The fraction of sp³-hybridized carbons (Fsp3) is 0.308. The van der Waals surface area contributed by atoms with E-state index in [4.69, 9.17) is 0 Å². The molecule has 0 aromatic carbocycles. The van der Waals surface area contributed by atoms with Gasteiger partial charge in [0.1, 0.15) is 5.83 Å². The maximum Gasteiger partial charge on any atom is 0.118 e. The first-order chi connectivity index (χ1) is 7.24. The molecular formula is C13H14FN. The van der Waals surface area contributed by atoms with Crippen LogP contribution >= 0.6 is 0 Å². The Hall–Kier alpha value is -1.44. The van der Waals surface area contributed by atoms with Gasteiger partial charge in [-0.15, -0.1) is 0 Å². The van der Waals surface area contributed by atoms with Crippen LogP contribution in [0.1, 0.15) is 17.7 Å². The highest BCUT2D eigenvalue weighted by molar-refractivity contribution is 5.21. The average molecular weight is 203 g/mol. The van der Waals surface area contributed by atoms with E-state index >= 15 is 0 Å². The normalized spacial score (nSPS) is 20.1. The highest BCUT2D eigenvalue weighted by atomic mass is 19.1. The van der Waals surface area contributed by atoms with Gasteiger partial charge in [-0.1, -0.05) is 12.1 Å². The summed E-state index contributed by atoms with van der Waals surface area (Å²) in [5.74, 6) is 0.294. The summed E-state index contributed by atoms with van der Waals surface area (Å²) in [6, 6.07) is 4.10. The van der Waals surface area contributed by atoms with E-state index in [2.05, 4.69) is 11.1 Å². The largest absolute Gasteiger partial charge is 0.261 e. The lowest BCUT2D eigenvalue weighted by Gasteiger charge is -2.13. The zero-order chi connectivity index (χ0) is 10.7. The number of aryl methyl sites for hydroxylation is 1. The van der Waals surface area contributed by atoms with Crippen molar-refractivity contribution in [1.29, 1.82) is 0 Å². The van der Waals surface area contributed by atoms with E-state index < -0.39 is 0 Å². The summed E-state index contributed by atoms with van der Waals surface area (Å²) in [5, 5.41) is 0. The molecule has 2 heteroatoms. The topological polar surface area (TPSA) is 12.9 Å². The quantitative estimate of drug-likeness (QED) is 0.718. The minimum absolute atomic E-state index is 0.117. The molecule has 0 fully saturated rings. The molecule has 0 spiro atoms. The fourth-order valence-corrected chi connectivity index (χ4v) is 1.71. The maximum atomic E-state index is 12.7. The van der Waals surface area contributed by atoms with Gasteiger partial charge >= 0.3 is 0 Å². The highest BCUT2D eigenvalue weighted by Crippen LogP contribution is 2.20. The molecule has 2 rings (SSSR count). The minimum atomic E-state index is -0.117. The molecule has 1 aliphatic rings. The fourth-order valence-electron chi connectivity index (χ4n) is 1.71. The number of nitrogens with zero attached hydrogens (tertiary/aromatic N) is 1. The van der Waals surface area contributed by atoms with Crippen LogP contribution < -0.4 is 0 Å². The van der Waals surface area contributed by atoms with E-state index in [-0.39, 0.29) is 5.83 Å². The molecule has 0 saturated carbocycles. The van der Waals surface area contributed by atoms with Crippen molar-refractivity contribution in [3.8, 4) is 0 Å². The van der Waals surface area contributed by atoms with E-state index in [0.29, 0.717) is 5.92 Å². The van der Waals surface area contributed by atoms with E-state index in [9.17, 15) is 4.39 Å². The molecule has 1 aromatic heterocycles. The van der Waals surface area contributed by atoms with Gasteiger partial charge < -0.3 is 0 Å². The Morgan fingerprint density at radius 3 is 2.93 bits per heavy atom. The number of halogens is 1.